The van der Waals surface area contributed by atoms with Crippen LogP contribution in [0.5, 0.6) is 0 Å². The molecule has 1 aliphatic heterocycles. The first kappa shape index (κ1) is 19.2. The summed E-state index contributed by atoms with van der Waals surface area (Å²) in [5.41, 5.74) is 1.32. The van der Waals surface area contributed by atoms with Gasteiger partial charge in [0.25, 0.3) is 0 Å². The Bertz CT molecular complexity index is 731. The maximum atomic E-state index is 12.7. The quantitative estimate of drug-likeness (QED) is 0.718. The second-order valence-corrected chi connectivity index (χ2v) is 6.84. The molecule has 6 nitrogen and oxygen atoms in total. The minimum atomic E-state index is 0.0539. The van der Waals surface area contributed by atoms with Crippen LogP contribution in [0.3, 0.4) is 0 Å². The lowest BCUT2D eigenvalue weighted by Gasteiger charge is -2.35. The number of nitriles is 1. The smallest absolute Gasteiger partial charge is 0.237 e. The van der Waals surface area contributed by atoms with Crippen LogP contribution in [0.25, 0.3) is 0 Å². The van der Waals surface area contributed by atoms with E-state index in [-0.39, 0.29) is 5.91 Å². The highest BCUT2D eigenvalue weighted by Crippen LogP contribution is 2.10. The number of piperazine rings is 1. The molecule has 0 saturated carbocycles. The Hall–Kier alpha value is -2.62. The summed E-state index contributed by atoms with van der Waals surface area (Å²) in [6.45, 7) is 5.88. The van der Waals surface area contributed by atoms with Crippen molar-refractivity contribution in [2.45, 2.75) is 19.5 Å². The molecule has 1 aliphatic rings. The first-order chi connectivity index (χ1) is 13.2. The molecule has 1 fully saturated rings. The van der Waals surface area contributed by atoms with E-state index in [4.69, 9.17) is 9.68 Å². The highest BCUT2D eigenvalue weighted by Gasteiger charge is 2.22. The van der Waals surface area contributed by atoms with Gasteiger partial charge in [-0.25, -0.2) is 0 Å². The monoisotopic (exact) mass is 366 g/mol. The summed E-state index contributed by atoms with van der Waals surface area (Å²) in [5, 5.41) is 8.87. The number of nitrogens with zero attached hydrogens (tertiary/aromatic N) is 4. The highest BCUT2D eigenvalue weighted by atomic mass is 16.3. The van der Waals surface area contributed by atoms with Crippen molar-refractivity contribution in [3.05, 3.63) is 60.1 Å². The van der Waals surface area contributed by atoms with Gasteiger partial charge in [-0.3, -0.25) is 14.6 Å². The minimum Gasteiger partial charge on any atom is -0.467 e. The number of rotatable bonds is 8. The van der Waals surface area contributed by atoms with Crippen LogP contribution in [0, 0.1) is 11.3 Å². The van der Waals surface area contributed by atoms with Crippen LogP contribution >= 0.6 is 0 Å². The molecule has 2 heterocycles. The Kier molecular flexibility index (Phi) is 7.03. The van der Waals surface area contributed by atoms with Crippen LogP contribution < -0.4 is 0 Å². The van der Waals surface area contributed by atoms with Crippen LogP contribution in [0.2, 0.25) is 0 Å². The van der Waals surface area contributed by atoms with E-state index in [1.807, 2.05) is 18.2 Å². The van der Waals surface area contributed by atoms with Gasteiger partial charge in [0, 0.05) is 39.3 Å². The van der Waals surface area contributed by atoms with Crippen molar-refractivity contribution in [2.75, 3.05) is 39.3 Å². The Morgan fingerprint density at radius 1 is 1.07 bits per heavy atom. The van der Waals surface area contributed by atoms with Gasteiger partial charge in [-0.2, -0.15) is 5.26 Å². The Morgan fingerprint density at radius 2 is 1.81 bits per heavy atom. The van der Waals surface area contributed by atoms with Crippen molar-refractivity contribution in [3.8, 4) is 6.07 Å². The number of furan rings is 1. The maximum Gasteiger partial charge on any atom is 0.237 e. The predicted molar refractivity (Wildman–Crippen MR) is 103 cm³/mol. The summed E-state index contributed by atoms with van der Waals surface area (Å²) in [7, 11) is 0. The molecule has 1 aromatic heterocycles. The zero-order chi connectivity index (χ0) is 18.9. The lowest BCUT2D eigenvalue weighted by atomic mass is 10.2. The summed E-state index contributed by atoms with van der Waals surface area (Å²) < 4.78 is 5.36. The molecule has 1 saturated heterocycles. The first-order valence-electron chi connectivity index (χ1n) is 9.40. The fraction of sp³-hybridized carbons (Fsp3) is 0.429. The molecule has 2 aromatic rings. The Labute approximate surface area is 160 Å². The van der Waals surface area contributed by atoms with E-state index in [9.17, 15) is 4.79 Å². The zero-order valence-corrected chi connectivity index (χ0v) is 15.6. The van der Waals surface area contributed by atoms with Crippen LogP contribution in [0.4, 0.5) is 0 Å². The summed E-state index contributed by atoms with van der Waals surface area (Å²) in [6, 6.07) is 16.3. The van der Waals surface area contributed by atoms with E-state index in [0.717, 1.165) is 38.5 Å². The van der Waals surface area contributed by atoms with Crippen LogP contribution in [0.15, 0.2) is 53.1 Å². The molecule has 1 amide bonds. The molecule has 3 rings (SSSR count). The third-order valence-corrected chi connectivity index (χ3v) is 4.85. The van der Waals surface area contributed by atoms with Gasteiger partial charge in [-0.15, -0.1) is 0 Å². The third kappa shape index (κ3) is 5.95. The lowest BCUT2D eigenvalue weighted by Crippen LogP contribution is -2.49. The van der Waals surface area contributed by atoms with Gasteiger partial charge >= 0.3 is 0 Å². The van der Waals surface area contributed by atoms with Gasteiger partial charge in [-0.05, 0) is 17.7 Å². The molecule has 0 aliphatic carbocycles. The minimum absolute atomic E-state index is 0.0539. The summed E-state index contributed by atoms with van der Waals surface area (Å²) in [5.74, 6) is 0.798. The Morgan fingerprint density at radius 3 is 2.48 bits per heavy atom. The third-order valence-electron chi connectivity index (χ3n) is 4.85. The maximum absolute atomic E-state index is 12.7. The van der Waals surface area contributed by atoms with E-state index in [0.29, 0.717) is 26.1 Å². The lowest BCUT2D eigenvalue weighted by molar-refractivity contribution is -0.133. The van der Waals surface area contributed by atoms with Crippen molar-refractivity contribution >= 4 is 5.91 Å². The number of amides is 1. The largest absolute Gasteiger partial charge is 0.467 e. The van der Waals surface area contributed by atoms with Crippen molar-refractivity contribution in [1.82, 2.24) is 14.7 Å². The number of benzene rings is 1. The number of hydrogen-bond acceptors (Lipinski definition) is 5. The summed E-state index contributed by atoms with van der Waals surface area (Å²) in [6.07, 6.45) is 1.94. The van der Waals surface area contributed by atoms with E-state index in [1.165, 1.54) is 5.56 Å². The fourth-order valence-electron chi connectivity index (χ4n) is 3.31. The fourth-order valence-corrected chi connectivity index (χ4v) is 3.31. The standard InChI is InChI=1S/C21H26N4O2/c22-9-5-10-25(17-20-8-4-15-27-20)21(26)18-24-13-11-23(12-14-24)16-19-6-2-1-3-7-19/h1-4,6-8,15H,5,10-14,16-18H2. The van der Waals surface area contributed by atoms with E-state index in [2.05, 4.69) is 40.1 Å². The first-order valence-corrected chi connectivity index (χ1v) is 9.40. The van der Waals surface area contributed by atoms with Gasteiger partial charge in [0.2, 0.25) is 5.91 Å². The number of carbonyl (C=O) groups is 1. The molecule has 142 valence electrons. The van der Waals surface area contributed by atoms with Crippen molar-refractivity contribution in [1.29, 1.82) is 5.26 Å². The molecular weight excluding hydrogens is 340 g/mol. The average molecular weight is 366 g/mol. The van der Waals surface area contributed by atoms with Gasteiger partial charge in [0.05, 0.1) is 31.8 Å². The topological polar surface area (TPSA) is 63.7 Å². The molecule has 0 unspecified atom stereocenters. The molecule has 0 radical (unpaired) electrons. The number of carbonyl (C=O) groups excluding carboxylic acids is 1. The van der Waals surface area contributed by atoms with Gasteiger partial charge in [0.15, 0.2) is 0 Å². The Balaban J connectivity index is 1.47. The van der Waals surface area contributed by atoms with E-state index in [1.54, 1.807) is 11.2 Å². The molecule has 27 heavy (non-hydrogen) atoms. The zero-order valence-electron chi connectivity index (χ0n) is 15.6. The molecule has 6 heteroatoms. The summed E-state index contributed by atoms with van der Waals surface area (Å²) in [4.78, 5) is 19.1. The molecule has 1 aromatic carbocycles. The second kappa shape index (κ2) is 9.91. The normalized spacial score (nSPS) is 15.4. The van der Waals surface area contributed by atoms with E-state index < -0.39 is 0 Å². The summed E-state index contributed by atoms with van der Waals surface area (Å²) >= 11 is 0. The van der Waals surface area contributed by atoms with E-state index >= 15 is 0 Å². The van der Waals surface area contributed by atoms with Crippen molar-refractivity contribution in [2.24, 2.45) is 0 Å². The molecular formula is C21H26N4O2. The molecule has 0 atom stereocenters. The van der Waals surface area contributed by atoms with Crippen LogP contribution in [0.1, 0.15) is 17.7 Å². The van der Waals surface area contributed by atoms with Gasteiger partial charge in [0.1, 0.15) is 5.76 Å². The van der Waals surface area contributed by atoms with Crippen LogP contribution in [-0.2, 0) is 17.9 Å². The van der Waals surface area contributed by atoms with Crippen molar-refractivity contribution in [3.63, 3.8) is 0 Å². The average Bonchev–Trinajstić information content (AvgIpc) is 3.20. The molecule has 0 bridgehead atoms. The number of hydrogen-bond donors (Lipinski definition) is 0. The van der Waals surface area contributed by atoms with Crippen molar-refractivity contribution < 1.29 is 9.21 Å². The SMILES string of the molecule is N#CCCN(Cc1ccco1)C(=O)CN1CCN(Cc2ccccc2)CC1. The molecule has 0 spiro atoms. The highest BCUT2D eigenvalue weighted by molar-refractivity contribution is 5.78. The van der Waals surface area contributed by atoms with Gasteiger partial charge in [-0.1, -0.05) is 30.3 Å². The predicted octanol–water partition coefficient (Wildman–Crippen LogP) is 2.34. The van der Waals surface area contributed by atoms with Crippen LogP contribution in [-0.4, -0.2) is 59.9 Å². The van der Waals surface area contributed by atoms with Gasteiger partial charge < -0.3 is 9.32 Å². The second-order valence-electron chi connectivity index (χ2n) is 6.84. The molecule has 0 N–H and O–H groups in total.